The summed E-state index contributed by atoms with van der Waals surface area (Å²) in [4.78, 5) is 29.6. The highest BCUT2D eigenvalue weighted by atomic mass is 16.2. The molecular formula is C13H15N3O2. The summed E-state index contributed by atoms with van der Waals surface area (Å²) >= 11 is 0. The van der Waals surface area contributed by atoms with Crippen LogP contribution >= 0.6 is 0 Å². The fourth-order valence-corrected chi connectivity index (χ4v) is 2.91. The summed E-state index contributed by atoms with van der Waals surface area (Å²) in [6.45, 7) is 4.16. The van der Waals surface area contributed by atoms with Crippen LogP contribution in [-0.2, 0) is 16.1 Å². The first kappa shape index (κ1) is 11.2. The Balaban J connectivity index is 1.80. The molecule has 3 rings (SSSR count). The number of rotatable bonds is 2. The van der Waals surface area contributed by atoms with Crippen LogP contribution in [0.2, 0.25) is 0 Å². The molecule has 0 bridgehead atoms. The Bertz CT molecular complexity index is 529. The molecule has 2 amide bonds. The molecule has 5 nitrogen and oxygen atoms in total. The van der Waals surface area contributed by atoms with Crippen molar-refractivity contribution < 1.29 is 9.59 Å². The number of anilines is 1. The topological polar surface area (TPSA) is 76.3 Å². The molecule has 1 aliphatic carbocycles. The Morgan fingerprint density at radius 1 is 1.28 bits per heavy atom. The predicted molar refractivity (Wildman–Crippen MR) is 65.0 cm³/mol. The van der Waals surface area contributed by atoms with Crippen molar-refractivity contribution in [2.75, 3.05) is 5.73 Å². The van der Waals surface area contributed by atoms with E-state index in [1.807, 2.05) is 13.8 Å². The van der Waals surface area contributed by atoms with E-state index in [4.69, 9.17) is 5.73 Å². The molecule has 2 aliphatic rings. The number of amides is 2. The standard InChI is InChI=1S/C13H15N3O2/c1-13(2)9-10(13)12(18)16(11(9)17)6-7-4-3-5-8(14)15-7/h3-5,9-10H,6H2,1-2H3,(H2,14,15). The van der Waals surface area contributed by atoms with Crippen molar-refractivity contribution in [3.63, 3.8) is 0 Å². The summed E-state index contributed by atoms with van der Waals surface area (Å²) in [5.41, 5.74) is 6.07. The van der Waals surface area contributed by atoms with E-state index in [-0.39, 0.29) is 35.6 Å². The molecule has 2 fully saturated rings. The van der Waals surface area contributed by atoms with Crippen molar-refractivity contribution >= 4 is 17.6 Å². The van der Waals surface area contributed by atoms with Crippen LogP contribution in [0.5, 0.6) is 0 Å². The molecular weight excluding hydrogens is 230 g/mol. The van der Waals surface area contributed by atoms with Crippen molar-refractivity contribution in [2.24, 2.45) is 17.3 Å². The van der Waals surface area contributed by atoms with Gasteiger partial charge in [0.25, 0.3) is 0 Å². The highest BCUT2D eigenvalue weighted by Crippen LogP contribution is 2.63. The van der Waals surface area contributed by atoms with Gasteiger partial charge in [0.15, 0.2) is 0 Å². The first-order chi connectivity index (χ1) is 8.43. The van der Waals surface area contributed by atoms with Gasteiger partial charge in [0.1, 0.15) is 5.82 Å². The van der Waals surface area contributed by atoms with Crippen LogP contribution in [0.15, 0.2) is 18.2 Å². The number of piperidine rings is 1. The Hall–Kier alpha value is -1.91. The molecule has 1 aliphatic heterocycles. The molecule has 2 N–H and O–H groups in total. The molecule has 2 heterocycles. The van der Waals surface area contributed by atoms with E-state index in [1.165, 1.54) is 4.90 Å². The van der Waals surface area contributed by atoms with E-state index in [9.17, 15) is 9.59 Å². The lowest BCUT2D eigenvalue weighted by Gasteiger charge is -2.20. The summed E-state index contributed by atoms with van der Waals surface area (Å²) < 4.78 is 0. The first-order valence-corrected chi connectivity index (χ1v) is 5.99. The average Bonchev–Trinajstić information content (AvgIpc) is 2.77. The predicted octanol–water partition coefficient (Wildman–Crippen LogP) is 0.805. The third-order valence-corrected chi connectivity index (χ3v) is 4.04. The number of carbonyl (C=O) groups is 2. The van der Waals surface area contributed by atoms with Gasteiger partial charge in [-0.1, -0.05) is 19.9 Å². The number of likely N-dealkylation sites (tertiary alicyclic amines) is 1. The second-order valence-electron chi connectivity index (χ2n) is 5.59. The SMILES string of the molecule is CC1(C)C2C(=O)N(Cc3cccc(N)n3)C(=O)C21. The number of nitrogen functional groups attached to an aromatic ring is 1. The molecule has 0 radical (unpaired) electrons. The number of carbonyl (C=O) groups excluding carboxylic acids is 2. The number of hydrogen-bond acceptors (Lipinski definition) is 4. The Morgan fingerprint density at radius 2 is 1.89 bits per heavy atom. The number of nitrogens with zero attached hydrogens (tertiary/aromatic N) is 2. The zero-order valence-corrected chi connectivity index (χ0v) is 10.4. The number of aromatic nitrogens is 1. The van der Waals surface area contributed by atoms with Gasteiger partial charge in [-0.15, -0.1) is 0 Å². The number of fused-ring (bicyclic) bond motifs is 1. The lowest BCUT2D eigenvalue weighted by Crippen LogP contribution is -2.35. The summed E-state index contributed by atoms with van der Waals surface area (Å²) in [6, 6.07) is 5.22. The molecule has 0 spiro atoms. The maximum atomic E-state index is 12.1. The normalized spacial score (nSPS) is 28.4. The van der Waals surface area contributed by atoms with Gasteiger partial charge in [0.2, 0.25) is 11.8 Å². The monoisotopic (exact) mass is 245 g/mol. The maximum Gasteiger partial charge on any atom is 0.234 e. The number of hydrogen-bond donors (Lipinski definition) is 1. The quantitative estimate of drug-likeness (QED) is 0.782. The zero-order valence-electron chi connectivity index (χ0n) is 10.4. The van der Waals surface area contributed by atoms with E-state index in [0.29, 0.717) is 11.5 Å². The van der Waals surface area contributed by atoms with Crippen LogP contribution < -0.4 is 5.73 Å². The minimum Gasteiger partial charge on any atom is -0.384 e. The summed E-state index contributed by atoms with van der Waals surface area (Å²) in [5, 5.41) is 0. The van der Waals surface area contributed by atoms with E-state index < -0.39 is 0 Å². The van der Waals surface area contributed by atoms with Crippen LogP contribution in [0.25, 0.3) is 0 Å². The Labute approximate surface area is 105 Å². The molecule has 1 saturated heterocycles. The summed E-state index contributed by atoms with van der Waals surface area (Å²) in [5.74, 6) is -0.00680. The van der Waals surface area contributed by atoms with Gasteiger partial charge in [0, 0.05) is 0 Å². The van der Waals surface area contributed by atoms with Crippen molar-refractivity contribution in [3.05, 3.63) is 23.9 Å². The smallest absolute Gasteiger partial charge is 0.234 e. The van der Waals surface area contributed by atoms with Gasteiger partial charge in [-0.3, -0.25) is 14.5 Å². The number of imide groups is 1. The Morgan fingerprint density at radius 3 is 2.44 bits per heavy atom. The minimum absolute atomic E-state index is 0.0702. The van der Waals surface area contributed by atoms with Gasteiger partial charge in [-0.05, 0) is 17.5 Å². The molecule has 0 aromatic carbocycles. The lowest BCUT2D eigenvalue weighted by molar-refractivity contribution is -0.143. The molecule has 1 aromatic rings. The van der Waals surface area contributed by atoms with Crippen molar-refractivity contribution in [1.82, 2.24) is 9.88 Å². The van der Waals surface area contributed by atoms with E-state index in [0.717, 1.165) is 0 Å². The number of pyridine rings is 1. The van der Waals surface area contributed by atoms with Crippen molar-refractivity contribution in [1.29, 1.82) is 0 Å². The van der Waals surface area contributed by atoms with Gasteiger partial charge >= 0.3 is 0 Å². The van der Waals surface area contributed by atoms with Crippen LogP contribution in [-0.4, -0.2) is 21.7 Å². The zero-order chi connectivity index (χ0) is 13.1. The van der Waals surface area contributed by atoms with E-state index >= 15 is 0 Å². The third-order valence-electron chi connectivity index (χ3n) is 4.04. The fourth-order valence-electron chi connectivity index (χ4n) is 2.91. The van der Waals surface area contributed by atoms with E-state index in [1.54, 1.807) is 18.2 Å². The van der Waals surface area contributed by atoms with Gasteiger partial charge in [-0.2, -0.15) is 0 Å². The molecule has 18 heavy (non-hydrogen) atoms. The Kier molecular flexibility index (Phi) is 2.06. The highest BCUT2D eigenvalue weighted by Gasteiger charge is 2.72. The second kappa shape index (κ2) is 3.31. The van der Waals surface area contributed by atoms with E-state index in [2.05, 4.69) is 4.98 Å². The molecule has 1 saturated carbocycles. The largest absolute Gasteiger partial charge is 0.384 e. The van der Waals surface area contributed by atoms with Crippen LogP contribution in [0.3, 0.4) is 0 Å². The minimum atomic E-state index is -0.159. The lowest BCUT2D eigenvalue weighted by atomic mass is 10.1. The molecule has 1 aromatic heterocycles. The molecule has 94 valence electrons. The molecule has 2 unspecified atom stereocenters. The van der Waals surface area contributed by atoms with Crippen molar-refractivity contribution in [3.8, 4) is 0 Å². The summed E-state index contributed by atoms with van der Waals surface area (Å²) in [7, 11) is 0. The second-order valence-corrected chi connectivity index (χ2v) is 5.59. The first-order valence-electron chi connectivity index (χ1n) is 5.99. The molecule has 5 heteroatoms. The van der Waals surface area contributed by atoms with Gasteiger partial charge in [-0.25, -0.2) is 4.98 Å². The maximum absolute atomic E-state index is 12.1. The van der Waals surface area contributed by atoms with Crippen molar-refractivity contribution in [2.45, 2.75) is 20.4 Å². The fraction of sp³-hybridized carbons (Fsp3) is 0.462. The van der Waals surface area contributed by atoms with Crippen LogP contribution in [0.4, 0.5) is 5.82 Å². The number of nitrogens with two attached hydrogens (primary N) is 1. The van der Waals surface area contributed by atoms with Crippen LogP contribution in [0, 0.1) is 17.3 Å². The van der Waals surface area contributed by atoms with Gasteiger partial charge in [0.05, 0.1) is 24.1 Å². The molecule has 2 atom stereocenters. The average molecular weight is 245 g/mol. The third kappa shape index (κ3) is 1.36. The van der Waals surface area contributed by atoms with Crippen LogP contribution in [0.1, 0.15) is 19.5 Å². The summed E-state index contributed by atoms with van der Waals surface area (Å²) in [6.07, 6.45) is 0. The highest BCUT2D eigenvalue weighted by molar-refractivity contribution is 6.10. The van der Waals surface area contributed by atoms with Gasteiger partial charge < -0.3 is 5.73 Å².